The zero-order valence-corrected chi connectivity index (χ0v) is 33.3. The summed E-state index contributed by atoms with van der Waals surface area (Å²) >= 11 is 0. The van der Waals surface area contributed by atoms with Gasteiger partial charge in [-0.1, -0.05) is 144 Å². The molecule has 0 aliphatic heterocycles. The van der Waals surface area contributed by atoms with Gasteiger partial charge in [0.1, 0.15) is 6.61 Å². The van der Waals surface area contributed by atoms with Crippen LogP contribution in [-0.2, 0) is 28.2 Å². The van der Waals surface area contributed by atoms with Crippen LogP contribution in [0.4, 0.5) is 0 Å². The van der Waals surface area contributed by atoms with Crippen LogP contribution in [0.25, 0.3) is 0 Å². The smallest absolute Gasteiger partial charge is 0.462 e. The van der Waals surface area contributed by atoms with E-state index < -0.39 is 32.5 Å². The Morgan fingerprint density at radius 2 is 0.904 bits per heavy atom. The van der Waals surface area contributed by atoms with Gasteiger partial charge in [0.25, 0.3) is 0 Å². The van der Waals surface area contributed by atoms with E-state index in [0.29, 0.717) is 12.8 Å². The predicted octanol–water partition coefficient (Wildman–Crippen LogP) is 12.1. The van der Waals surface area contributed by atoms with Crippen molar-refractivity contribution in [3.8, 4) is 0 Å². The Kier molecular flexibility index (Phi) is 35.9. The molecular formula is C43H71O8P. The molecule has 52 heavy (non-hydrogen) atoms. The second-order valence-electron chi connectivity index (χ2n) is 12.9. The molecule has 296 valence electrons. The average Bonchev–Trinajstić information content (AvgIpc) is 3.11. The summed E-state index contributed by atoms with van der Waals surface area (Å²) in [7, 11) is -4.78. The summed E-state index contributed by atoms with van der Waals surface area (Å²) < 4.78 is 26.2. The summed E-state index contributed by atoms with van der Waals surface area (Å²) in [6.07, 6.45) is 50.3. The molecule has 1 atom stereocenters. The normalized spacial score (nSPS) is 13.4. The van der Waals surface area contributed by atoms with Crippen molar-refractivity contribution in [3.63, 3.8) is 0 Å². The summed E-state index contributed by atoms with van der Waals surface area (Å²) in [5.41, 5.74) is 0. The molecule has 0 aliphatic carbocycles. The van der Waals surface area contributed by atoms with Gasteiger partial charge in [0.15, 0.2) is 6.10 Å². The second-order valence-corrected chi connectivity index (χ2v) is 14.1. The third kappa shape index (κ3) is 40.0. The summed E-state index contributed by atoms with van der Waals surface area (Å²) in [6, 6.07) is 0. The zero-order valence-electron chi connectivity index (χ0n) is 32.4. The molecule has 0 rings (SSSR count). The summed E-state index contributed by atoms with van der Waals surface area (Å²) in [5, 5.41) is 0. The first-order chi connectivity index (χ1) is 25.3. The van der Waals surface area contributed by atoms with E-state index in [1.807, 2.05) is 12.2 Å². The Morgan fingerprint density at radius 3 is 1.40 bits per heavy atom. The minimum Gasteiger partial charge on any atom is -0.462 e. The van der Waals surface area contributed by atoms with E-state index in [-0.39, 0.29) is 19.4 Å². The molecule has 0 amide bonds. The van der Waals surface area contributed by atoms with Gasteiger partial charge in [-0.15, -0.1) is 0 Å². The Hall–Kier alpha value is -2.77. The average molecular weight is 747 g/mol. The van der Waals surface area contributed by atoms with Crippen molar-refractivity contribution in [3.05, 3.63) is 85.1 Å². The highest BCUT2D eigenvalue weighted by atomic mass is 31.2. The fraction of sp³-hybridized carbons (Fsp3) is 0.628. The molecule has 0 aromatic carbocycles. The van der Waals surface area contributed by atoms with Gasteiger partial charge in [0.05, 0.1) is 6.61 Å². The number of carbonyl (C=O) groups excluding carboxylic acids is 2. The molecule has 0 aliphatic rings. The third-order valence-corrected chi connectivity index (χ3v) is 8.39. The third-order valence-electron chi connectivity index (χ3n) is 7.90. The van der Waals surface area contributed by atoms with Crippen molar-refractivity contribution in [2.24, 2.45) is 0 Å². The topological polar surface area (TPSA) is 119 Å². The van der Waals surface area contributed by atoms with Gasteiger partial charge in [0, 0.05) is 12.8 Å². The molecule has 0 fully saturated rings. The number of allylic oxidation sites excluding steroid dienone is 14. The van der Waals surface area contributed by atoms with Gasteiger partial charge in [-0.3, -0.25) is 14.1 Å². The number of hydrogen-bond acceptors (Lipinski definition) is 6. The quantitative estimate of drug-likeness (QED) is 0.0285. The van der Waals surface area contributed by atoms with Crippen LogP contribution in [0.15, 0.2) is 85.1 Å². The van der Waals surface area contributed by atoms with Gasteiger partial charge in [0.2, 0.25) is 0 Å². The van der Waals surface area contributed by atoms with E-state index in [2.05, 4.69) is 91.3 Å². The Bertz CT molecular complexity index is 1110. The lowest BCUT2D eigenvalue weighted by molar-refractivity contribution is -0.161. The van der Waals surface area contributed by atoms with Crippen LogP contribution in [0.3, 0.4) is 0 Å². The molecular weight excluding hydrogens is 675 g/mol. The second kappa shape index (κ2) is 38.0. The van der Waals surface area contributed by atoms with Gasteiger partial charge in [-0.2, -0.15) is 0 Å². The largest absolute Gasteiger partial charge is 0.469 e. The maximum atomic E-state index is 12.3. The number of hydrogen-bond donors (Lipinski definition) is 2. The lowest BCUT2D eigenvalue weighted by Gasteiger charge is -2.18. The molecule has 0 saturated heterocycles. The molecule has 0 aromatic rings. The van der Waals surface area contributed by atoms with Gasteiger partial charge >= 0.3 is 19.8 Å². The summed E-state index contributed by atoms with van der Waals surface area (Å²) in [5.74, 6) is -1.03. The number of carbonyl (C=O) groups is 2. The first kappa shape index (κ1) is 49.2. The molecule has 0 spiro atoms. The van der Waals surface area contributed by atoms with Crippen LogP contribution in [0.2, 0.25) is 0 Å². The Morgan fingerprint density at radius 1 is 0.500 bits per heavy atom. The molecule has 0 bridgehead atoms. The molecule has 9 heteroatoms. The lowest BCUT2D eigenvalue weighted by Crippen LogP contribution is -2.29. The van der Waals surface area contributed by atoms with Crippen molar-refractivity contribution in [2.75, 3.05) is 13.2 Å². The molecule has 0 radical (unpaired) electrons. The first-order valence-electron chi connectivity index (χ1n) is 19.9. The van der Waals surface area contributed by atoms with Crippen LogP contribution in [0, 0.1) is 0 Å². The SMILES string of the molecule is CCCCC/C=C/C/C=C/C/C=C/C/C=C/C/C=C/CCC(=O)O[C@H](COC(=O)CCCC/C=C/C/C=C/CCCCCCCC)COP(=O)(O)O. The van der Waals surface area contributed by atoms with Gasteiger partial charge < -0.3 is 19.3 Å². The van der Waals surface area contributed by atoms with Crippen molar-refractivity contribution < 1.29 is 37.9 Å². The van der Waals surface area contributed by atoms with E-state index in [9.17, 15) is 14.2 Å². The summed E-state index contributed by atoms with van der Waals surface area (Å²) in [4.78, 5) is 42.7. The van der Waals surface area contributed by atoms with Crippen LogP contribution in [0.5, 0.6) is 0 Å². The van der Waals surface area contributed by atoms with Gasteiger partial charge in [-0.05, 0) is 83.5 Å². The molecule has 0 unspecified atom stereocenters. The van der Waals surface area contributed by atoms with Crippen LogP contribution in [-0.4, -0.2) is 41.0 Å². The van der Waals surface area contributed by atoms with E-state index in [1.54, 1.807) is 0 Å². The minimum absolute atomic E-state index is 0.0773. The van der Waals surface area contributed by atoms with Crippen LogP contribution >= 0.6 is 7.82 Å². The van der Waals surface area contributed by atoms with E-state index in [1.165, 1.54) is 64.2 Å². The number of phosphoric acid groups is 1. The molecule has 0 heterocycles. The molecule has 8 nitrogen and oxygen atoms in total. The number of rotatable bonds is 35. The number of unbranched alkanes of at least 4 members (excludes halogenated alkanes) is 11. The first-order valence-corrected chi connectivity index (χ1v) is 21.4. The van der Waals surface area contributed by atoms with Crippen LogP contribution < -0.4 is 0 Å². The van der Waals surface area contributed by atoms with Gasteiger partial charge in [-0.25, -0.2) is 4.57 Å². The Balaban J connectivity index is 4.16. The van der Waals surface area contributed by atoms with Crippen molar-refractivity contribution >= 4 is 19.8 Å². The maximum Gasteiger partial charge on any atom is 0.469 e. The minimum atomic E-state index is -4.78. The van der Waals surface area contributed by atoms with Crippen molar-refractivity contribution in [1.29, 1.82) is 0 Å². The maximum absolute atomic E-state index is 12.3. The van der Waals surface area contributed by atoms with Crippen molar-refractivity contribution in [1.82, 2.24) is 0 Å². The zero-order chi connectivity index (χ0) is 38.2. The summed E-state index contributed by atoms with van der Waals surface area (Å²) in [6.45, 7) is 3.54. The highest BCUT2D eigenvalue weighted by Gasteiger charge is 2.22. The molecule has 0 saturated carbocycles. The van der Waals surface area contributed by atoms with E-state index in [0.717, 1.165) is 51.4 Å². The monoisotopic (exact) mass is 746 g/mol. The Labute approximate surface area is 316 Å². The lowest BCUT2D eigenvalue weighted by atomic mass is 10.1. The fourth-order valence-corrected chi connectivity index (χ4v) is 5.27. The number of esters is 2. The number of phosphoric ester groups is 1. The highest BCUT2D eigenvalue weighted by Crippen LogP contribution is 2.35. The fourth-order valence-electron chi connectivity index (χ4n) is 4.91. The standard InChI is InChI=1S/C43H71O8P/c1-3-5-7-9-11-13-15-17-19-20-21-22-24-26-28-30-32-34-36-38-43(45)51-41(40-50-52(46,47)48)39-49-42(44)37-35-33-31-29-27-25-23-18-16-14-12-10-8-6-4-2/h11,13,17-19,21-23,26-29,32,34,41H,3-10,12,14-16,20,24-25,30-31,33,35-40H2,1-2H3,(H2,46,47,48)/b13-11+,19-17+,22-21+,23-18+,28-26+,29-27+,34-32+/t41-/m1/s1. The van der Waals surface area contributed by atoms with E-state index in [4.69, 9.17) is 19.3 Å². The molecule has 2 N–H and O–H groups in total. The van der Waals surface area contributed by atoms with Crippen molar-refractivity contribution in [2.45, 2.75) is 161 Å². The number of ether oxygens (including phenoxy) is 2. The highest BCUT2D eigenvalue weighted by molar-refractivity contribution is 7.46. The predicted molar refractivity (Wildman–Crippen MR) is 216 cm³/mol. The van der Waals surface area contributed by atoms with E-state index >= 15 is 0 Å². The molecule has 0 aromatic heterocycles. The van der Waals surface area contributed by atoms with Crippen LogP contribution in [0.1, 0.15) is 155 Å².